The summed E-state index contributed by atoms with van der Waals surface area (Å²) in [5.74, 6) is 0.958. The highest BCUT2D eigenvalue weighted by Gasteiger charge is 2.32. The third-order valence-electron chi connectivity index (χ3n) is 3.65. The number of ether oxygens (including phenoxy) is 1. The molecule has 2 aliphatic rings. The van der Waals surface area contributed by atoms with Gasteiger partial charge in [0, 0.05) is 19.1 Å². The Labute approximate surface area is 106 Å². The molecule has 3 nitrogen and oxygen atoms in total. The van der Waals surface area contributed by atoms with E-state index in [9.17, 15) is 0 Å². The average molecular weight is 240 g/mol. The SMILES string of the molecule is CC(C)(C)OCCN1CCCNC(C2CC2)C1. The summed E-state index contributed by atoms with van der Waals surface area (Å²) in [7, 11) is 0. The summed E-state index contributed by atoms with van der Waals surface area (Å²) in [4.78, 5) is 2.58. The van der Waals surface area contributed by atoms with E-state index in [0.29, 0.717) is 0 Å². The van der Waals surface area contributed by atoms with Gasteiger partial charge in [-0.2, -0.15) is 0 Å². The molecule has 1 N–H and O–H groups in total. The fourth-order valence-electron chi connectivity index (χ4n) is 2.52. The van der Waals surface area contributed by atoms with Crippen LogP contribution in [0.5, 0.6) is 0 Å². The lowest BCUT2D eigenvalue weighted by molar-refractivity contribution is -0.0133. The quantitative estimate of drug-likeness (QED) is 0.812. The number of nitrogens with zero attached hydrogens (tertiary/aromatic N) is 1. The largest absolute Gasteiger partial charge is 0.375 e. The van der Waals surface area contributed by atoms with Gasteiger partial charge < -0.3 is 10.1 Å². The second-order valence-electron chi connectivity index (χ2n) is 6.51. The number of hydrogen-bond donors (Lipinski definition) is 1. The van der Waals surface area contributed by atoms with Gasteiger partial charge in [0.25, 0.3) is 0 Å². The van der Waals surface area contributed by atoms with Crippen LogP contribution in [0.3, 0.4) is 0 Å². The van der Waals surface area contributed by atoms with Gasteiger partial charge in [-0.15, -0.1) is 0 Å². The van der Waals surface area contributed by atoms with E-state index in [-0.39, 0.29) is 5.60 Å². The lowest BCUT2D eigenvalue weighted by Crippen LogP contribution is -2.40. The van der Waals surface area contributed by atoms with Crippen molar-refractivity contribution in [2.75, 3.05) is 32.8 Å². The molecule has 1 unspecified atom stereocenters. The first-order valence-corrected chi connectivity index (χ1v) is 7.14. The maximum absolute atomic E-state index is 5.82. The van der Waals surface area contributed by atoms with E-state index in [0.717, 1.165) is 25.1 Å². The highest BCUT2D eigenvalue weighted by molar-refractivity contribution is 4.90. The molecule has 1 aliphatic carbocycles. The summed E-state index contributed by atoms with van der Waals surface area (Å²) < 4.78 is 5.82. The van der Waals surface area contributed by atoms with E-state index in [1.807, 2.05) is 0 Å². The zero-order chi connectivity index (χ0) is 12.3. The summed E-state index contributed by atoms with van der Waals surface area (Å²) in [6.07, 6.45) is 4.15. The highest BCUT2D eigenvalue weighted by atomic mass is 16.5. The first-order valence-electron chi connectivity index (χ1n) is 7.14. The lowest BCUT2D eigenvalue weighted by atomic mass is 10.2. The normalized spacial score (nSPS) is 28.1. The third kappa shape index (κ3) is 4.94. The molecule has 0 aromatic rings. The van der Waals surface area contributed by atoms with Crippen LogP contribution in [-0.2, 0) is 4.74 Å². The van der Waals surface area contributed by atoms with Gasteiger partial charge in [0.05, 0.1) is 12.2 Å². The average Bonchev–Trinajstić information content (AvgIpc) is 3.02. The Kier molecular flexibility index (Phi) is 4.45. The molecule has 100 valence electrons. The van der Waals surface area contributed by atoms with Crippen molar-refractivity contribution in [3.05, 3.63) is 0 Å². The van der Waals surface area contributed by atoms with Crippen LogP contribution < -0.4 is 5.32 Å². The van der Waals surface area contributed by atoms with Crippen molar-refractivity contribution in [3.8, 4) is 0 Å². The van der Waals surface area contributed by atoms with Crippen LogP contribution in [0.25, 0.3) is 0 Å². The zero-order valence-electron chi connectivity index (χ0n) is 11.7. The Morgan fingerprint density at radius 2 is 2.06 bits per heavy atom. The van der Waals surface area contributed by atoms with Gasteiger partial charge in [0.2, 0.25) is 0 Å². The molecule has 2 rings (SSSR count). The molecule has 0 spiro atoms. The van der Waals surface area contributed by atoms with Crippen LogP contribution in [0.1, 0.15) is 40.0 Å². The van der Waals surface area contributed by atoms with Gasteiger partial charge in [-0.05, 0) is 59.0 Å². The van der Waals surface area contributed by atoms with Gasteiger partial charge in [0.1, 0.15) is 0 Å². The Balaban J connectivity index is 1.71. The fraction of sp³-hybridized carbons (Fsp3) is 1.00. The minimum absolute atomic E-state index is 0.00000681. The molecule has 1 saturated carbocycles. The van der Waals surface area contributed by atoms with Crippen molar-refractivity contribution < 1.29 is 4.74 Å². The van der Waals surface area contributed by atoms with Crippen molar-refractivity contribution in [2.45, 2.75) is 51.7 Å². The molecule has 17 heavy (non-hydrogen) atoms. The summed E-state index contributed by atoms with van der Waals surface area (Å²) in [5.41, 5.74) is -0.00000681. The van der Waals surface area contributed by atoms with E-state index in [1.54, 1.807) is 0 Å². The maximum atomic E-state index is 5.82. The Morgan fingerprint density at radius 3 is 2.71 bits per heavy atom. The maximum Gasteiger partial charge on any atom is 0.0600 e. The first kappa shape index (κ1) is 13.3. The van der Waals surface area contributed by atoms with Gasteiger partial charge in [-0.3, -0.25) is 4.90 Å². The molecule has 3 heteroatoms. The second kappa shape index (κ2) is 5.68. The second-order valence-corrected chi connectivity index (χ2v) is 6.51. The summed E-state index contributed by atoms with van der Waals surface area (Å²) in [6, 6.07) is 0.743. The highest BCUT2D eigenvalue weighted by Crippen LogP contribution is 2.33. The standard InChI is InChI=1S/C14H28N2O/c1-14(2,3)17-10-9-16-8-4-7-15-13(11-16)12-5-6-12/h12-13,15H,4-11H2,1-3H3. The molecule has 0 aromatic heterocycles. The molecule has 0 aromatic carbocycles. The fourth-order valence-corrected chi connectivity index (χ4v) is 2.52. The summed E-state index contributed by atoms with van der Waals surface area (Å²) >= 11 is 0. The topological polar surface area (TPSA) is 24.5 Å². The molecule has 0 bridgehead atoms. The third-order valence-corrected chi connectivity index (χ3v) is 3.65. The van der Waals surface area contributed by atoms with Crippen molar-refractivity contribution in [3.63, 3.8) is 0 Å². The predicted molar refractivity (Wildman–Crippen MR) is 71.3 cm³/mol. The summed E-state index contributed by atoms with van der Waals surface area (Å²) in [6.45, 7) is 12.0. The van der Waals surface area contributed by atoms with Gasteiger partial charge in [-0.25, -0.2) is 0 Å². The lowest BCUT2D eigenvalue weighted by Gasteiger charge is -2.26. The van der Waals surface area contributed by atoms with Crippen molar-refractivity contribution in [1.82, 2.24) is 10.2 Å². The molecule has 1 aliphatic heterocycles. The molecule has 1 saturated heterocycles. The molecular formula is C14H28N2O. The summed E-state index contributed by atoms with van der Waals surface area (Å²) in [5, 5.41) is 3.70. The predicted octanol–water partition coefficient (Wildman–Crippen LogP) is 1.88. The van der Waals surface area contributed by atoms with E-state index in [2.05, 4.69) is 31.0 Å². The van der Waals surface area contributed by atoms with Crippen LogP contribution in [0.2, 0.25) is 0 Å². The van der Waals surface area contributed by atoms with E-state index in [1.165, 1.54) is 38.9 Å². The van der Waals surface area contributed by atoms with Gasteiger partial charge >= 0.3 is 0 Å². The van der Waals surface area contributed by atoms with Crippen LogP contribution in [-0.4, -0.2) is 49.3 Å². The number of rotatable bonds is 4. The van der Waals surface area contributed by atoms with Crippen molar-refractivity contribution in [2.24, 2.45) is 5.92 Å². The molecule has 1 heterocycles. The van der Waals surface area contributed by atoms with Crippen LogP contribution in [0, 0.1) is 5.92 Å². The molecule has 0 amide bonds. The van der Waals surface area contributed by atoms with Crippen LogP contribution in [0.4, 0.5) is 0 Å². The number of nitrogens with one attached hydrogen (secondary N) is 1. The Morgan fingerprint density at radius 1 is 1.29 bits per heavy atom. The van der Waals surface area contributed by atoms with Gasteiger partial charge in [-0.1, -0.05) is 0 Å². The Hall–Kier alpha value is -0.120. The van der Waals surface area contributed by atoms with Crippen LogP contribution >= 0.6 is 0 Å². The monoisotopic (exact) mass is 240 g/mol. The van der Waals surface area contributed by atoms with E-state index < -0.39 is 0 Å². The minimum atomic E-state index is -0.00000681. The minimum Gasteiger partial charge on any atom is -0.375 e. The van der Waals surface area contributed by atoms with Crippen LogP contribution in [0.15, 0.2) is 0 Å². The number of hydrogen-bond acceptors (Lipinski definition) is 3. The smallest absolute Gasteiger partial charge is 0.0600 e. The molecule has 1 atom stereocenters. The van der Waals surface area contributed by atoms with Crippen molar-refractivity contribution in [1.29, 1.82) is 0 Å². The van der Waals surface area contributed by atoms with Gasteiger partial charge in [0.15, 0.2) is 0 Å². The van der Waals surface area contributed by atoms with Crippen molar-refractivity contribution >= 4 is 0 Å². The molecule has 0 radical (unpaired) electrons. The Bertz CT molecular complexity index is 233. The first-order chi connectivity index (χ1) is 8.04. The van der Waals surface area contributed by atoms with E-state index in [4.69, 9.17) is 4.74 Å². The zero-order valence-corrected chi connectivity index (χ0v) is 11.7. The molecule has 2 fully saturated rings. The van der Waals surface area contributed by atoms with E-state index >= 15 is 0 Å². The molecular weight excluding hydrogens is 212 g/mol.